The monoisotopic (exact) mass is 450 g/mol. The van der Waals surface area contributed by atoms with E-state index < -0.39 is 0 Å². The van der Waals surface area contributed by atoms with E-state index in [-0.39, 0.29) is 18.4 Å². The van der Waals surface area contributed by atoms with Crippen LogP contribution in [0.15, 0.2) is 48.5 Å². The number of hydrogen-bond donors (Lipinski definition) is 0. The lowest BCUT2D eigenvalue weighted by Crippen LogP contribution is -2.38. The van der Waals surface area contributed by atoms with E-state index in [9.17, 15) is 9.59 Å². The Labute approximate surface area is 196 Å². The molecule has 0 radical (unpaired) electrons. The number of amides is 2. The molecule has 0 N–H and O–H groups in total. The van der Waals surface area contributed by atoms with Crippen molar-refractivity contribution in [3.8, 4) is 11.5 Å². The van der Waals surface area contributed by atoms with Gasteiger partial charge in [-0.05, 0) is 68.7 Å². The molecule has 0 aliphatic carbocycles. The van der Waals surface area contributed by atoms with Crippen molar-refractivity contribution in [2.45, 2.75) is 44.9 Å². The highest BCUT2D eigenvalue weighted by molar-refractivity contribution is 5.95. The molecule has 2 aliphatic heterocycles. The van der Waals surface area contributed by atoms with Crippen LogP contribution in [0.2, 0.25) is 0 Å². The second-order valence-corrected chi connectivity index (χ2v) is 8.80. The molecule has 2 amide bonds. The molecule has 0 aromatic heterocycles. The largest absolute Gasteiger partial charge is 0.490 e. The summed E-state index contributed by atoms with van der Waals surface area (Å²) in [5.41, 5.74) is 1.94. The zero-order valence-electron chi connectivity index (χ0n) is 19.5. The number of benzene rings is 2. The molecular formula is C27H34N2O4. The van der Waals surface area contributed by atoms with Crippen LogP contribution < -0.4 is 9.47 Å². The van der Waals surface area contributed by atoms with E-state index in [4.69, 9.17) is 9.47 Å². The molecule has 176 valence electrons. The predicted octanol–water partition coefficient (Wildman–Crippen LogP) is 4.50. The molecule has 6 nitrogen and oxygen atoms in total. The minimum absolute atomic E-state index is 0.00131. The van der Waals surface area contributed by atoms with E-state index in [2.05, 4.69) is 24.3 Å². The van der Waals surface area contributed by atoms with Crippen LogP contribution in [-0.2, 0) is 4.79 Å². The summed E-state index contributed by atoms with van der Waals surface area (Å²) in [6, 6.07) is 15.8. The zero-order valence-corrected chi connectivity index (χ0v) is 19.5. The molecule has 0 unspecified atom stereocenters. The van der Waals surface area contributed by atoms with Crippen molar-refractivity contribution in [2.24, 2.45) is 0 Å². The minimum Gasteiger partial charge on any atom is -0.490 e. The van der Waals surface area contributed by atoms with Gasteiger partial charge in [-0.1, -0.05) is 30.3 Å². The topological polar surface area (TPSA) is 59.1 Å². The van der Waals surface area contributed by atoms with Crippen molar-refractivity contribution in [1.82, 2.24) is 9.80 Å². The number of piperidine rings is 2. The van der Waals surface area contributed by atoms with Gasteiger partial charge in [0, 0.05) is 31.7 Å². The van der Waals surface area contributed by atoms with Gasteiger partial charge in [-0.3, -0.25) is 9.59 Å². The van der Waals surface area contributed by atoms with E-state index in [1.54, 1.807) is 18.2 Å². The highest BCUT2D eigenvalue weighted by Gasteiger charge is 2.25. The number of nitrogens with zero attached hydrogens (tertiary/aromatic N) is 2. The van der Waals surface area contributed by atoms with Crippen molar-refractivity contribution >= 4 is 11.8 Å². The van der Waals surface area contributed by atoms with Crippen LogP contribution >= 0.6 is 0 Å². The third-order valence-electron chi connectivity index (χ3n) is 6.60. The molecular weight excluding hydrogens is 416 g/mol. The molecule has 2 heterocycles. The Kier molecular flexibility index (Phi) is 7.87. The van der Waals surface area contributed by atoms with Crippen molar-refractivity contribution in [2.75, 3.05) is 39.4 Å². The second-order valence-electron chi connectivity index (χ2n) is 8.80. The Morgan fingerprint density at radius 2 is 1.58 bits per heavy atom. The van der Waals surface area contributed by atoms with Gasteiger partial charge >= 0.3 is 0 Å². The molecule has 0 saturated carbocycles. The van der Waals surface area contributed by atoms with Crippen LogP contribution in [0.5, 0.6) is 11.5 Å². The van der Waals surface area contributed by atoms with Gasteiger partial charge in [0.25, 0.3) is 11.8 Å². The molecule has 0 atom stereocenters. The van der Waals surface area contributed by atoms with Gasteiger partial charge in [-0.15, -0.1) is 0 Å². The maximum atomic E-state index is 13.2. The van der Waals surface area contributed by atoms with Crippen LogP contribution in [-0.4, -0.2) is 61.0 Å². The van der Waals surface area contributed by atoms with Crippen LogP contribution in [0.3, 0.4) is 0 Å². The zero-order chi connectivity index (χ0) is 23.0. The Morgan fingerprint density at radius 3 is 2.27 bits per heavy atom. The smallest absolute Gasteiger partial charge is 0.260 e. The molecule has 4 rings (SSSR count). The van der Waals surface area contributed by atoms with Gasteiger partial charge < -0.3 is 19.3 Å². The van der Waals surface area contributed by atoms with E-state index in [1.165, 1.54) is 12.0 Å². The first-order valence-corrected chi connectivity index (χ1v) is 12.2. The number of carbonyl (C=O) groups is 2. The maximum absolute atomic E-state index is 13.2. The van der Waals surface area contributed by atoms with Crippen LogP contribution in [0.4, 0.5) is 0 Å². The Hall–Kier alpha value is -3.02. The standard InChI is InChI=1S/C27H34N2O4/c1-2-32-25-19-23(11-12-24(25)33-20-26(30)28-15-7-4-8-16-28)27(31)29-17-13-22(14-18-29)21-9-5-3-6-10-21/h3,5-6,9-12,19,22H,2,4,7-8,13-18,20H2,1H3. The summed E-state index contributed by atoms with van der Waals surface area (Å²) in [5.74, 6) is 1.52. The Bertz CT molecular complexity index is 932. The first kappa shape index (κ1) is 23.1. The lowest BCUT2D eigenvalue weighted by atomic mass is 9.89. The molecule has 2 aliphatic rings. The van der Waals surface area contributed by atoms with Crippen LogP contribution in [0.25, 0.3) is 0 Å². The lowest BCUT2D eigenvalue weighted by molar-refractivity contribution is -0.134. The van der Waals surface area contributed by atoms with E-state index in [1.807, 2.05) is 22.8 Å². The van der Waals surface area contributed by atoms with Gasteiger partial charge in [-0.2, -0.15) is 0 Å². The first-order valence-electron chi connectivity index (χ1n) is 12.2. The second kappa shape index (κ2) is 11.2. The van der Waals surface area contributed by atoms with Gasteiger partial charge in [0.05, 0.1) is 6.61 Å². The number of ether oxygens (including phenoxy) is 2. The first-order chi connectivity index (χ1) is 16.2. The molecule has 6 heteroatoms. The van der Waals surface area contributed by atoms with Crippen molar-refractivity contribution < 1.29 is 19.1 Å². The lowest BCUT2D eigenvalue weighted by Gasteiger charge is -2.32. The molecule has 0 bridgehead atoms. The average molecular weight is 451 g/mol. The third-order valence-corrected chi connectivity index (χ3v) is 6.60. The number of hydrogen-bond acceptors (Lipinski definition) is 4. The molecule has 2 aromatic rings. The SMILES string of the molecule is CCOc1cc(C(=O)N2CCC(c3ccccc3)CC2)ccc1OCC(=O)N1CCCCC1. The summed E-state index contributed by atoms with van der Waals surface area (Å²) in [7, 11) is 0. The molecule has 2 aromatic carbocycles. The molecule has 2 saturated heterocycles. The molecule has 33 heavy (non-hydrogen) atoms. The number of likely N-dealkylation sites (tertiary alicyclic amines) is 2. The van der Waals surface area contributed by atoms with Gasteiger partial charge in [0.15, 0.2) is 18.1 Å². The van der Waals surface area contributed by atoms with Crippen LogP contribution in [0, 0.1) is 0 Å². The van der Waals surface area contributed by atoms with Crippen molar-refractivity contribution in [1.29, 1.82) is 0 Å². The fourth-order valence-electron chi connectivity index (χ4n) is 4.73. The molecule has 0 spiro atoms. The normalized spacial score (nSPS) is 17.0. The predicted molar refractivity (Wildman–Crippen MR) is 128 cm³/mol. The van der Waals surface area contributed by atoms with E-state index in [0.29, 0.717) is 29.6 Å². The highest BCUT2D eigenvalue weighted by atomic mass is 16.5. The fourth-order valence-corrected chi connectivity index (χ4v) is 4.73. The number of rotatable bonds is 7. The Balaban J connectivity index is 1.37. The van der Waals surface area contributed by atoms with Crippen molar-refractivity contribution in [3.63, 3.8) is 0 Å². The van der Waals surface area contributed by atoms with Crippen LogP contribution in [0.1, 0.15) is 60.9 Å². The van der Waals surface area contributed by atoms with Crippen molar-refractivity contribution in [3.05, 3.63) is 59.7 Å². The van der Waals surface area contributed by atoms with Gasteiger partial charge in [0.1, 0.15) is 0 Å². The van der Waals surface area contributed by atoms with Gasteiger partial charge in [-0.25, -0.2) is 0 Å². The summed E-state index contributed by atoms with van der Waals surface area (Å²) < 4.78 is 11.6. The summed E-state index contributed by atoms with van der Waals surface area (Å²) in [5, 5.41) is 0. The van der Waals surface area contributed by atoms with E-state index in [0.717, 1.165) is 51.9 Å². The summed E-state index contributed by atoms with van der Waals surface area (Å²) in [4.78, 5) is 29.4. The number of carbonyl (C=O) groups excluding carboxylic acids is 2. The highest BCUT2D eigenvalue weighted by Crippen LogP contribution is 2.31. The molecule has 2 fully saturated rings. The van der Waals surface area contributed by atoms with Gasteiger partial charge in [0.2, 0.25) is 0 Å². The summed E-state index contributed by atoms with van der Waals surface area (Å²) >= 11 is 0. The minimum atomic E-state index is -0.0135. The average Bonchev–Trinajstić information content (AvgIpc) is 2.88. The summed E-state index contributed by atoms with van der Waals surface area (Å²) in [6.07, 6.45) is 5.21. The third kappa shape index (κ3) is 5.86. The fraction of sp³-hybridized carbons (Fsp3) is 0.481. The quantitative estimate of drug-likeness (QED) is 0.623. The van der Waals surface area contributed by atoms with E-state index >= 15 is 0 Å². The maximum Gasteiger partial charge on any atom is 0.260 e. The Morgan fingerprint density at radius 1 is 0.848 bits per heavy atom. The summed E-state index contributed by atoms with van der Waals surface area (Å²) in [6.45, 7) is 5.42.